The molecular weight excluding hydrogens is 320 g/mol. The number of methoxy groups -OCH3 is 1. The fraction of sp³-hybridized carbons (Fsp3) is 0.263. The molecule has 0 unspecified atom stereocenters. The third kappa shape index (κ3) is 5.53. The minimum absolute atomic E-state index is 0.0780. The molecule has 0 radical (unpaired) electrons. The van der Waals surface area contributed by atoms with Crippen LogP contribution in [0.4, 0.5) is 5.69 Å². The number of ether oxygens (including phenoxy) is 2. The zero-order valence-corrected chi connectivity index (χ0v) is 14.4. The molecule has 2 amide bonds. The van der Waals surface area contributed by atoms with E-state index >= 15 is 0 Å². The summed E-state index contributed by atoms with van der Waals surface area (Å²) in [5.41, 5.74) is 0.800. The lowest BCUT2D eigenvalue weighted by Crippen LogP contribution is -2.39. The summed E-state index contributed by atoms with van der Waals surface area (Å²) >= 11 is 0. The molecule has 132 valence electrons. The van der Waals surface area contributed by atoms with Crippen molar-refractivity contribution in [1.29, 1.82) is 0 Å². The molecule has 25 heavy (non-hydrogen) atoms. The summed E-state index contributed by atoms with van der Waals surface area (Å²) in [5, 5.41) is 2.75. The summed E-state index contributed by atoms with van der Waals surface area (Å²) in [6, 6.07) is 16.5. The Balaban J connectivity index is 1.80. The van der Waals surface area contributed by atoms with Crippen LogP contribution in [0.15, 0.2) is 54.6 Å². The van der Waals surface area contributed by atoms with Gasteiger partial charge in [0, 0.05) is 25.7 Å². The lowest BCUT2D eigenvalue weighted by atomic mass is 10.3. The van der Waals surface area contributed by atoms with Gasteiger partial charge < -0.3 is 19.7 Å². The van der Waals surface area contributed by atoms with Gasteiger partial charge in [0.2, 0.25) is 5.91 Å². The highest BCUT2D eigenvalue weighted by atomic mass is 16.5. The minimum atomic E-state index is -0.262. The van der Waals surface area contributed by atoms with E-state index in [0.717, 1.165) is 5.69 Å². The van der Waals surface area contributed by atoms with Gasteiger partial charge in [-0.25, -0.2) is 0 Å². The van der Waals surface area contributed by atoms with Crippen molar-refractivity contribution >= 4 is 17.5 Å². The summed E-state index contributed by atoms with van der Waals surface area (Å²) in [5.74, 6) is 0.741. The van der Waals surface area contributed by atoms with Gasteiger partial charge in [-0.1, -0.05) is 30.3 Å². The quantitative estimate of drug-likeness (QED) is 0.799. The third-order valence-corrected chi connectivity index (χ3v) is 3.53. The van der Waals surface area contributed by atoms with Crippen molar-refractivity contribution in [3.8, 4) is 11.5 Å². The van der Waals surface area contributed by atoms with E-state index in [2.05, 4.69) is 5.32 Å². The predicted octanol–water partition coefficient (Wildman–Crippen LogP) is 2.24. The number of nitrogens with zero attached hydrogens (tertiary/aromatic N) is 1. The topological polar surface area (TPSA) is 67.9 Å². The van der Waals surface area contributed by atoms with Crippen LogP contribution in [0.3, 0.4) is 0 Å². The smallest absolute Gasteiger partial charge is 0.258 e. The van der Waals surface area contributed by atoms with Crippen LogP contribution in [0.5, 0.6) is 11.5 Å². The first-order valence-electron chi connectivity index (χ1n) is 7.97. The van der Waals surface area contributed by atoms with E-state index < -0.39 is 0 Å². The van der Waals surface area contributed by atoms with Gasteiger partial charge in [-0.15, -0.1) is 0 Å². The first-order chi connectivity index (χ1) is 12.1. The van der Waals surface area contributed by atoms with Crippen LogP contribution in [0, 0.1) is 0 Å². The van der Waals surface area contributed by atoms with Crippen LogP contribution in [-0.2, 0) is 9.59 Å². The van der Waals surface area contributed by atoms with Crippen molar-refractivity contribution in [3.63, 3.8) is 0 Å². The summed E-state index contributed by atoms with van der Waals surface area (Å²) in [6.45, 7) is 2.10. The molecule has 2 aromatic rings. The van der Waals surface area contributed by atoms with E-state index in [-0.39, 0.29) is 18.4 Å². The van der Waals surface area contributed by atoms with Crippen molar-refractivity contribution in [3.05, 3.63) is 54.6 Å². The molecule has 0 aliphatic rings. The molecule has 6 nitrogen and oxygen atoms in total. The fourth-order valence-electron chi connectivity index (χ4n) is 2.32. The van der Waals surface area contributed by atoms with Gasteiger partial charge >= 0.3 is 0 Å². The van der Waals surface area contributed by atoms with Crippen molar-refractivity contribution in [2.75, 3.05) is 31.7 Å². The summed E-state index contributed by atoms with van der Waals surface area (Å²) in [7, 11) is 1.54. The van der Waals surface area contributed by atoms with Crippen molar-refractivity contribution in [1.82, 2.24) is 5.32 Å². The van der Waals surface area contributed by atoms with Crippen LogP contribution >= 0.6 is 0 Å². The molecule has 0 heterocycles. The standard InChI is InChI=1S/C19H22N2O4/c1-15(22)21(16-8-4-3-5-9-16)13-12-20-19(23)14-25-18-11-7-6-10-17(18)24-2/h3-11H,12-14H2,1-2H3,(H,20,23). The Morgan fingerprint density at radius 3 is 2.28 bits per heavy atom. The number of benzene rings is 2. The first-order valence-corrected chi connectivity index (χ1v) is 7.97. The number of nitrogens with one attached hydrogen (secondary N) is 1. The Hall–Kier alpha value is -3.02. The highest BCUT2D eigenvalue weighted by Gasteiger charge is 2.12. The van der Waals surface area contributed by atoms with Gasteiger partial charge in [0.15, 0.2) is 18.1 Å². The number of amides is 2. The monoisotopic (exact) mass is 342 g/mol. The average Bonchev–Trinajstić information content (AvgIpc) is 2.64. The summed E-state index contributed by atoms with van der Waals surface area (Å²) < 4.78 is 10.6. The molecule has 0 aliphatic heterocycles. The second-order valence-electron chi connectivity index (χ2n) is 5.30. The van der Waals surface area contributed by atoms with Gasteiger partial charge in [-0.05, 0) is 24.3 Å². The Bertz CT molecular complexity index is 704. The number of carbonyl (C=O) groups is 2. The van der Waals surface area contributed by atoms with Crippen LogP contribution in [0.2, 0.25) is 0 Å². The molecule has 0 aromatic heterocycles. The molecule has 2 aromatic carbocycles. The number of hydrogen-bond donors (Lipinski definition) is 1. The highest BCUT2D eigenvalue weighted by molar-refractivity contribution is 5.91. The maximum atomic E-state index is 11.9. The van der Waals surface area contributed by atoms with Gasteiger partial charge in [0.25, 0.3) is 5.91 Å². The van der Waals surface area contributed by atoms with E-state index in [0.29, 0.717) is 24.6 Å². The van der Waals surface area contributed by atoms with E-state index in [1.807, 2.05) is 36.4 Å². The van der Waals surface area contributed by atoms with E-state index in [4.69, 9.17) is 9.47 Å². The second-order valence-corrected chi connectivity index (χ2v) is 5.30. The molecule has 0 aliphatic carbocycles. The zero-order chi connectivity index (χ0) is 18.1. The van der Waals surface area contributed by atoms with E-state index in [1.165, 1.54) is 6.92 Å². The normalized spacial score (nSPS) is 10.0. The van der Waals surface area contributed by atoms with Gasteiger partial charge in [0.1, 0.15) is 0 Å². The molecule has 0 bridgehead atoms. The molecule has 0 spiro atoms. The maximum absolute atomic E-state index is 11.9. The SMILES string of the molecule is COc1ccccc1OCC(=O)NCCN(C(C)=O)c1ccccc1. The lowest BCUT2D eigenvalue weighted by molar-refractivity contribution is -0.123. The third-order valence-electron chi connectivity index (χ3n) is 3.53. The van der Waals surface area contributed by atoms with E-state index in [1.54, 1.807) is 30.2 Å². The van der Waals surface area contributed by atoms with Crippen LogP contribution in [-0.4, -0.2) is 38.6 Å². The predicted molar refractivity (Wildman–Crippen MR) is 96.0 cm³/mol. The zero-order valence-electron chi connectivity index (χ0n) is 14.4. The molecule has 1 N–H and O–H groups in total. The molecule has 2 rings (SSSR count). The molecule has 0 saturated carbocycles. The number of rotatable bonds is 8. The van der Waals surface area contributed by atoms with Crippen LogP contribution in [0.1, 0.15) is 6.92 Å². The Kier molecular flexibility index (Phi) is 6.83. The molecule has 0 saturated heterocycles. The molecule has 0 atom stereocenters. The van der Waals surface area contributed by atoms with Crippen molar-refractivity contribution in [2.45, 2.75) is 6.92 Å². The number of hydrogen-bond acceptors (Lipinski definition) is 4. The Morgan fingerprint density at radius 1 is 1.00 bits per heavy atom. The molecule has 0 fully saturated rings. The van der Waals surface area contributed by atoms with E-state index in [9.17, 15) is 9.59 Å². The first kappa shape index (κ1) is 18.3. The largest absolute Gasteiger partial charge is 0.493 e. The average molecular weight is 342 g/mol. The van der Waals surface area contributed by atoms with Crippen molar-refractivity contribution in [2.24, 2.45) is 0 Å². The van der Waals surface area contributed by atoms with Crippen LogP contribution < -0.4 is 19.7 Å². The Labute approximate surface area is 147 Å². The fourth-order valence-corrected chi connectivity index (χ4v) is 2.32. The molecular formula is C19H22N2O4. The Morgan fingerprint density at radius 2 is 1.64 bits per heavy atom. The van der Waals surface area contributed by atoms with Gasteiger partial charge in [0.05, 0.1) is 7.11 Å². The van der Waals surface area contributed by atoms with Gasteiger partial charge in [-0.3, -0.25) is 9.59 Å². The number of anilines is 1. The lowest BCUT2D eigenvalue weighted by Gasteiger charge is -2.21. The summed E-state index contributed by atoms with van der Waals surface area (Å²) in [6.07, 6.45) is 0. The summed E-state index contributed by atoms with van der Waals surface area (Å²) in [4.78, 5) is 25.3. The maximum Gasteiger partial charge on any atom is 0.258 e. The highest BCUT2D eigenvalue weighted by Crippen LogP contribution is 2.25. The second kappa shape index (κ2) is 9.32. The number of para-hydroxylation sites is 3. The minimum Gasteiger partial charge on any atom is -0.493 e. The van der Waals surface area contributed by atoms with Crippen LogP contribution in [0.25, 0.3) is 0 Å². The van der Waals surface area contributed by atoms with Gasteiger partial charge in [-0.2, -0.15) is 0 Å². The molecule has 6 heteroatoms. The number of carbonyl (C=O) groups excluding carboxylic acids is 2. The van der Waals surface area contributed by atoms with Crippen molar-refractivity contribution < 1.29 is 19.1 Å².